The minimum atomic E-state index is -4.39. The van der Waals surface area contributed by atoms with Gasteiger partial charge in [-0.2, -0.15) is 13.2 Å². The number of hydrogen-bond acceptors (Lipinski definition) is 6. The van der Waals surface area contributed by atoms with Crippen LogP contribution in [-0.2, 0) is 6.18 Å². The Kier molecular flexibility index (Phi) is 5.94. The van der Waals surface area contributed by atoms with Gasteiger partial charge in [0.2, 0.25) is 0 Å². The molecule has 32 heavy (non-hydrogen) atoms. The first-order valence-electron chi connectivity index (χ1n) is 10.6. The number of anilines is 2. The Hall–Kier alpha value is -2.94. The Morgan fingerprint density at radius 2 is 1.78 bits per heavy atom. The molecule has 1 aliphatic rings. The second kappa shape index (κ2) is 8.54. The summed E-state index contributed by atoms with van der Waals surface area (Å²) in [4.78, 5) is 18.0. The van der Waals surface area contributed by atoms with E-state index in [1.54, 1.807) is 6.07 Å². The number of alkyl halides is 3. The number of piperazine rings is 1. The molecule has 170 valence electrons. The van der Waals surface area contributed by atoms with Crippen molar-refractivity contribution in [3.63, 3.8) is 0 Å². The Bertz CT molecular complexity index is 1120. The molecule has 0 spiro atoms. The highest BCUT2D eigenvalue weighted by molar-refractivity contribution is 5.89. The zero-order valence-electron chi connectivity index (χ0n) is 18.7. The van der Waals surface area contributed by atoms with E-state index >= 15 is 0 Å². The molecule has 0 radical (unpaired) electrons. The summed E-state index contributed by atoms with van der Waals surface area (Å²) in [7, 11) is 2.11. The van der Waals surface area contributed by atoms with Crippen LogP contribution < -0.4 is 10.2 Å². The normalized spacial score (nSPS) is 16.4. The third-order valence-corrected chi connectivity index (χ3v) is 6.13. The highest BCUT2D eigenvalue weighted by Crippen LogP contribution is 2.36. The first-order valence-corrected chi connectivity index (χ1v) is 10.6. The van der Waals surface area contributed by atoms with Gasteiger partial charge in [0.05, 0.1) is 28.4 Å². The van der Waals surface area contributed by atoms with Gasteiger partial charge >= 0.3 is 6.18 Å². The Morgan fingerprint density at radius 1 is 1.06 bits per heavy atom. The monoisotopic (exact) mass is 444 g/mol. The molecule has 0 aliphatic carbocycles. The van der Waals surface area contributed by atoms with E-state index in [1.807, 2.05) is 19.9 Å². The van der Waals surface area contributed by atoms with Gasteiger partial charge in [-0.05, 0) is 51.1 Å². The van der Waals surface area contributed by atoms with Gasteiger partial charge in [-0.15, -0.1) is 0 Å². The molecular formula is C23H27F3N6. The van der Waals surface area contributed by atoms with Crippen LogP contribution in [0.4, 0.5) is 24.7 Å². The van der Waals surface area contributed by atoms with Crippen molar-refractivity contribution >= 4 is 22.5 Å². The molecule has 0 saturated carbocycles. The summed E-state index contributed by atoms with van der Waals surface area (Å²) in [6, 6.07) is 5.92. The number of halogens is 3. The fourth-order valence-corrected chi connectivity index (χ4v) is 4.26. The second-order valence-electron chi connectivity index (χ2n) is 8.36. The lowest BCUT2D eigenvalue weighted by molar-refractivity contribution is -0.138. The Balaban J connectivity index is 1.68. The van der Waals surface area contributed by atoms with Gasteiger partial charge in [0.15, 0.2) is 5.65 Å². The first kappa shape index (κ1) is 22.3. The van der Waals surface area contributed by atoms with Gasteiger partial charge in [0.1, 0.15) is 12.1 Å². The number of benzene rings is 1. The van der Waals surface area contributed by atoms with Gasteiger partial charge < -0.3 is 15.1 Å². The standard InChI is InChI=1S/C23H27F3N6/c1-14-17(6-5-7-19(14)23(24,25)26)15(2)29-21-18-12-20(32-10-8-31(4)9-11-32)16(3)30-22(18)28-13-27-21/h5-7,12-13,15H,8-11H2,1-4H3,(H,27,28,29,30)/t15-/m1/s1. The lowest BCUT2D eigenvalue weighted by atomic mass is 9.97. The molecule has 6 nitrogen and oxygen atoms in total. The molecule has 1 aliphatic heterocycles. The number of aryl methyl sites for hydroxylation is 1. The van der Waals surface area contributed by atoms with Crippen molar-refractivity contribution < 1.29 is 13.2 Å². The van der Waals surface area contributed by atoms with Crippen molar-refractivity contribution in [1.82, 2.24) is 19.9 Å². The molecule has 2 aromatic heterocycles. The maximum Gasteiger partial charge on any atom is 0.416 e. The van der Waals surface area contributed by atoms with Crippen LogP contribution in [0.25, 0.3) is 11.0 Å². The molecule has 1 saturated heterocycles. The van der Waals surface area contributed by atoms with Crippen molar-refractivity contribution in [2.75, 3.05) is 43.4 Å². The van der Waals surface area contributed by atoms with Crippen molar-refractivity contribution in [2.45, 2.75) is 33.0 Å². The van der Waals surface area contributed by atoms with Gasteiger partial charge in [-0.1, -0.05) is 12.1 Å². The van der Waals surface area contributed by atoms with Crippen LogP contribution in [-0.4, -0.2) is 53.1 Å². The fourth-order valence-electron chi connectivity index (χ4n) is 4.26. The summed E-state index contributed by atoms with van der Waals surface area (Å²) in [5.41, 5.74) is 2.66. The smallest absolute Gasteiger partial charge is 0.367 e. The number of pyridine rings is 1. The fraction of sp³-hybridized carbons (Fsp3) is 0.435. The molecule has 3 heterocycles. The molecule has 0 unspecified atom stereocenters. The zero-order valence-corrected chi connectivity index (χ0v) is 18.7. The van der Waals surface area contributed by atoms with E-state index in [1.165, 1.54) is 19.3 Å². The summed E-state index contributed by atoms with van der Waals surface area (Å²) in [5, 5.41) is 4.05. The molecular weight excluding hydrogens is 417 g/mol. The second-order valence-corrected chi connectivity index (χ2v) is 8.36. The maximum atomic E-state index is 13.4. The van der Waals surface area contributed by atoms with Gasteiger partial charge in [0.25, 0.3) is 0 Å². The molecule has 9 heteroatoms. The summed E-state index contributed by atoms with van der Waals surface area (Å²) in [6.45, 7) is 9.06. The van der Waals surface area contributed by atoms with Gasteiger partial charge in [0, 0.05) is 26.2 Å². The lowest BCUT2D eigenvalue weighted by Gasteiger charge is -2.34. The van der Waals surface area contributed by atoms with Gasteiger partial charge in [-0.25, -0.2) is 15.0 Å². The highest BCUT2D eigenvalue weighted by Gasteiger charge is 2.33. The van der Waals surface area contributed by atoms with E-state index in [2.05, 4.69) is 37.1 Å². The number of hydrogen-bond donors (Lipinski definition) is 1. The van der Waals surface area contributed by atoms with Crippen molar-refractivity contribution in [3.05, 3.63) is 53.0 Å². The van der Waals surface area contributed by atoms with E-state index in [0.717, 1.165) is 49.0 Å². The summed E-state index contributed by atoms with van der Waals surface area (Å²) < 4.78 is 40.1. The maximum absolute atomic E-state index is 13.4. The SMILES string of the molecule is Cc1nc2ncnc(N[C@H](C)c3cccc(C(F)(F)F)c3C)c2cc1N1CCN(C)CC1. The number of nitrogens with zero attached hydrogens (tertiary/aromatic N) is 5. The van der Waals surface area contributed by atoms with E-state index in [-0.39, 0.29) is 11.6 Å². The lowest BCUT2D eigenvalue weighted by Crippen LogP contribution is -2.44. The first-order chi connectivity index (χ1) is 15.1. The van der Waals surface area contributed by atoms with Gasteiger partial charge in [-0.3, -0.25) is 0 Å². The molecule has 3 aromatic rings. The summed E-state index contributed by atoms with van der Waals surface area (Å²) >= 11 is 0. The summed E-state index contributed by atoms with van der Waals surface area (Å²) in [5.74, 6) is 0.558. The number of fused-ring (bicyclic) bond motifs is 1. The van der Waals surface area contributed by atoms with Crippen LogP contribution in [0.2, 0.25) is 0 Å². The molecule has 4 rings (SSSR count). The number of rotatable bonds is 4. The predicted octanol–water partition coefficient (Wildman–Crippen LogP) is 4.59. The topological polar surface area (TPSA) is 57.2 Å². The Morgan fingerprint density at radius 3 is 2.47 bits per heavy atom. The average Bonchev–Trinajstić information content (AvgIpc) is 2.73. The molecule has 1 aromatic carbocycles. The third kappa shape index (κ3) is 4.34. The average molecular weight is 445 g/mol. The zero-order chi connectivity index (χ0) is 23.0. The number of nitrogens with one attached hydrogen (secondary N) is 1. The van der Waals surface area contributed by atoms with Crippen LogP contribution in [0.5, 0.6) is 0 Å². The predicted molar refractivity (Wildman–Crippen MR) is 120 cm³/mol. The van der Waals surface area contributed by atoms with Crippen molar-refractivity contribution in [1.29, 1.82) is 0 Å². The molecule has 0 amide bonds. The van der Waals surface area contributed by atoms with E-state index in [0.29, 0.717) is 17.0 Å². The Labute approximate surface area is 185 Å². The van der Waals surface area contributed by atoms with Crippen LogP contribution in [0.1, 0.15) is 35.3 Å². The third-order valence-electron chi connectivity index (χ3n) is 6.13. The van der Waals surface area contributed by atoms with E-state index in [4.69, 9.17) is 0 Å². The van der Waals surface area contributed by atoms with E-state index < -0.39 is 11.7 Å². The van der Waals surface area contributed by atoms with Crippen molar-refractivity contribution in [2.24, 2.45) is 0 Å². The van der Waals surface area contributed by atoms with Crippen LogP contribution >= 0.6 is 0 Å². The number of likely N-dealkylation sites (N-methyl/N-ethyl adjacent to an activating group) is 1. The van der Waals surface area contributed by atoms with Crippen LogP contribution in [0.15, 0.2) is 30.6 Å². The minimum Gasteiger partial charge on any atom is -0.367 e. The van der Waals surface area contributed by atoms with E-state index in [9.17, 15) is 13.2 Å². The molecule has 0 bridgehead atoms. The largest absolute Gasteiger partial charge is 0.416 e. The summed E-state index contributed by atoms with van der Waals surface area (Å²) in [6.07, 6.45) is -2.96. The number of aromatic nitrogens is 3. The molecule has 1 fully saturated rings. The minimum absolute atomic E-state index is 0.213. The van der Waals surface area contributed by atoms with Crippen LogP contribution in [0.3, 0.4) is 0 Å². The van der Waals surface area contributed by atoms with Crippen LogP contribution in [0, 0.1) is 13.8 Å². The molecule has 1 atom stereocenters. The van der Waals surface area contributed by atoms with Crippen molar-refractivity contribution in [3.8, 4) is 0 Å². The highest BCUT2D eigenvalue weighted by atomic mass is 19.4. The molecule has 1 N–H and O–H groups in total. The quantitative estimate of drug-likeness (QED) is 0.636.